The van der Waals surface area contributed by atoms with E-state index in [9.17, 15) is 10.1 Å². The van der Waals surface area contributed by atoms with Crippen molar-refractivity contribution in [3.63, 3.8) is 0 Å². The highest BCUT2D eigenvalue weighted by Gasteiger charge is 2.37. The Kier molecular flexibility index (Phi) is 7.93. The van der Waals surface area contributed by atoms with E-state index in [1.165, 1.54) is 28.9 Å². The van der Waals surface area contributed by atoms with Crippen molar-refractivity contribution in [2.24, 2.45) is 10.9 Å². The van der Waals surface area contributed by atoms with Crippen LogP contribution in [0.25, 0.3) is 0 Å². The molecule has 0 saturated heterocycles. The lowest BCUT2D eigenvalue weighted by Crippen LogP contribution is -2.28. The summed E-state index contributed by atoms with van der Waals surface area (Å²) in [6.07, 6.45) is 7.48. The summed E-state index contributed by atoms with van der Waals surface area (Å²) < 4.78 is 11.8. The second kappa shape index (κ2) is 12.1. The first-order valence-corrected chi connectivity index (χ1v) is 14.4. The molecule has 1 aliphatic carbocycles. The Morgan fingerprint density at radius 2 is 1.83 bits per heavy atom. The van der Waals surface area contributed by atoms with Gasteiger partial charge in [-0.1, -0.05) is 54.1 Å². The maximum atomic E-state index is 10.9. The number of para-hydroxylation sites is 1. The predicted octanol–water partition coefficient (Wildman–Crippen LogP) is 8.80. The lowest BCUT2D eigenvalue weighted by atomic mass is 9.77. The molecule has 2 aliphatic rings. The zero-order chi connectivity index (χ0) is 29.1. The van der Waals surface area contributed by atoms with Gasteiger partial charge in [0.05, 0.1) is 28.3 Å². The van der Waals surface area contributed by atoms with Gasteiger partial charge < -0.3 is 14.8 Å². The molecule has 4 aromatic rings. The second-order valence-corrected chi connectivity index (χ2v) is 10.8. The molecule has 212 valence electrons. The first-order chi connectivity index (χ1) is 20.5. The van der Waals surface area contributed by atoms with Crippen LogP contribution < -0.4 is 14.8 Å². The summed E-state index contributed by atoms with van der Waals surface area (Å²) in [6, 6.07) is 27.1. The number of fused-ring (bicyclic) bond motifs is 3. The Balaban J connectivity index is 1.16. The number of rotatable bonds is 9. The molecule has 0 bridgehead atoms. The van der Waals surface area contributed by atoms with Crippen LogP contribution in [-0.4, -0.2) is 17.7 Å². The maximum absolute atomic E-state index is 10.9. The number of allylic oxidation sites excluding steroid dienone is 2. The fourth-order valence-electron chi connectivity index (χ4n) is 5.73. The van der Waals surface area contributed by atoms with E-state index < -0.39 is 4.92 Å². The van der Waals surface area contributed by atoms with E-state index in [1.54, 1.807) is 24.4 Å². The number of non-ortho nitro benzene ring substituents is 1. The van der Waals surface area contributed by atoms with Crippen molar-refractivity contribution in [1.29, 1.82) is 0 Å². The Labute approximate surface area is 249 Å². The van der Waals surface area contributed by atoms with Gasteiger partial charge >= 0.3 is 0 Å². The predicted molar refractivity (Wildman–Crippen MR) is 167 cm³/mol. The third-order valence-corrected chi connectivity index (χ3v) is 8.03. The minimum Gasteiger partial charge on any atom is -0.490 e. The normalized spacial score (nSPS) is 18.8. The lowest BCUT2D eigenvalue weighted by Gasteiger charge is -2.37. The van der Waals surface area contributed by atoms with Crippen molar-refractivity contribution >= 4 is 34.9 Å². The van der Waals surface area contributed by atoms with Crippen molar-refractivity contribution in [2.45, 2.75) is 31.9 Å². The van der Waals surface area contributed by atoms with Crippen molar-refractivity contribution in [1.82, 2.24) is 0 Å². The van der Waals surface area contributed by atoms with Crippen molar-refractivity contribution in [3.05, 3.63) is 134 Å². The van der Waals surface area contributed by atoms with Crippen molar-refractivity contribution < 1.29 is 14.4 Å². The van der Waals surface area contributed by atoms with Gasteiger partial charge in [0, 0.05) is 30.0 Å². The van der Waals surface area contributed by atoms with Gasteiger partial charge in [0.2, 0.25) is 0 Å². The van der Waals surface area contributed by atoms with E-state index in [4.69, 9.17) is 21.1 Å². The van der Waals surface area contributed by atoms with Gasteiger partial charge in [-0.2, -0.15) is 0 Å². The largest absolute Gasteiger partial charge is 0.490 e. The molecule has 1 N–H and O–H groups in total. The molecule has 0 spiro atoms. The number of anilines is 1. The minimum atomic E-state index is -0.432. The van der Waals surface area contributed by atoms with Crippen molar-refractivity contribution in [3.8, 4) is 11.5 Å². The minimum absolute atomic E-state index is 0.0289. The number of benzene rings is 4. The van der Waals surface area contributed by atoms with Gasteiger partial charge in [-0.25, -0.2) is 0 Å². The molecular formula is C34H30ClN3O4. The van der Waals surface area contributed by atoms with Crippen LogP contribution in [0.4, 0.5) is 17.1 Å². The topological polar surface area (TPSA) is 86.0 Å². The number of hydrogen-bond acceptors (Lipinski definition) is 6. The van der Waals surface area contributed by atoms with Crippen LogP contribution in [0.5, 0.6) is 11.5 Å². The summed E-state index contributed by atoms with van der Waals surface area (Å²) in [6.45, 7) is 2.51. The zero-order valence-electron chi connectivity index (χ0n) is 23.1. The number of nitro groups is 1. The monoisotopic (exact) mass is 579 g/mol. The molecule has 0 aromatic heterocycles. The molecule has 0 amide bonds. The smallest absolute Gasteiger partial charge is 0.269 e. The van der Waals surface area contributed by atoms with E-state index in [2.05, 4.69) is 58.9 Å². The fourth-order valence-corrected chi connectivity index (χ4v) is 6.00. The Hall–Kier alpha value is -4.62. The van der Waals surface area contributed by atoms with Crippen LogP contribution >= 0.6 is 11.6 Å². The zero-order valence-corrected chi connectivity index (χ0v) is 23.8. The third kappa shape index (κ3) is 5.74. The highest BCUT2D eigenvalue weighted by Crippen LogP contribution is 2.49. The third-order valence-electron chi connectivity index (χ3n) is 7.75. The Morgan fingerprint density at radius 3 is 2.60 bits per heavy atom. The summed E-state index contributed by atoms with van der Waals surface area (Å²) in [4.78, 5) is 15.2. The van der Waals surface area contributed by atoms with E-state index in [0.717, 1.165) is 23.2 Å². The molecule has 1 aliphatic heterocycles. The highest BCUT2D eigenvalue weighted by atomic mass is 35.5. The van der Waals surface area contributed by atoms with Gasteiger partial charge in [-0.05, 0) is 84.0 Å². The molecule has 7 nitrogen and oxygen atoms in total. The number of nitro benzene ring substituents is 1. The molecule has 42 heavy (non-hydrogen) atoms. The van der Waals surface area contributed by atoms with Crippen molar-refractivity contribution in [2.75, 3.05) is 11.9 Å². The average Bonchev–Trinajstić information content (AvgIpc) is 3.50. The standard InChI is InChI=1S/C34H30ClN3O4/c1-2-41-32-19-23(18-30(35)34(32)42-21-22-10-16-26(17-11-22)38(39)40)20-36-25-14-12-24(13-15-25)33-29-8-5-7-27(29)28-6-3-4-9-31(28)37-33/h3-7,9-20,27,29,33,37H,2,8,21H2,1H3/t27-,29+,33-/m0/s1. The number of ether oxygens (including phenoxy) is 2. The molecule has 3 atom stereocenters. The molecular weight excluding hydrogens is 550 g/mol. The summed E-state index contributed by atoms with van der Waals surface area (Å²) in [7, 11) is 0. The number of halogens is 1. The van der Waals surface area contributed by atoms with Gasteiger partial charge in [0.25, 0.3) is 5.69 Å². The summed E-state index contributed by atoms with van der Waals surface area (Å²) in [5, 5.41) is 15.1. The van der Waals surface area contributed by atoms with E-state index in [0.29, 0.717) is 35.0 Å². The van der Waals surface area contributed by atoms with Crippen LogP contribution in [0.3, 0.4) is 0 Å². The van der Waals surface area contributed by atoms with E-state index >= 15 is 0 Å². The molecule has 1 heterocycles. The van der Waals surface area contributed by atoms with Crippen LogP contribution in [-0.2, 0) is 6.61 Å². The molecule has 0 radical (unpaired) electrons. The number of hydrogen-bond donors (Lipinski definition) is 1. The summed E-state index contributed by atoms with van der Waals surface area (Å²) in [5.41, 5.74) is 6.26. The highest BCUT2D eigenvalue weighted by molar-refractivity contribution is 6.32. The van der Waals surface area contributed by atoms with Gasteiger partial charge in [-0.15, -0.1) is 0 Å². The molecule has 0 unspecified atom stereocenters. The van der Waals surface area contributed by atoms with Crippen LogP contribution in [0.2, 0.25) is 5.02 Å². The Morgan fingerprint density at radius 1 is 1.05 bits per heavy atom. The number of aliphatic imine (C=N–C) groups is 1. The summed E-state index contributed by atoms with van der Waals surface area (Å²) >= 11 is 6.60. The van der Waals surface area contributed by atoms with Gasteiger partial charge in [0.1, 0.15) is 6.61 Å². The molecule has 4 aromatic carbocycles. The van der Waals surface area contributed by atoms with Crippen LogP contribution in [0, 0.1) is 16.0 Å². The first-order valence-electron chi connectivity index (χ1n) is 14.0. The summed E-state index contributed by atoms with van der Waals surface area (Å²) in [5.74, 6) is 1.86. The van der Waals surface area contributed by atoms with E-state index in [-0.39, 0.29) is 18.3 Å². The van der Waals surface area contributed by atoms with E-state index in [1.807, 2.05) is 25.1 Å². The average molecular weight is 580 g/mol. The van der Waals surface area contributed by atoms with Gasteiger partial charge in [-0.3, -0.25) is 15.1 Å². The number of nitrogens with zero attached hydrogens (tertiary/aromatic N) is 2. The van der Waals surface area contributed by atoms with Gasteiger partial charge in [0.15, 0.2) is 11.5 Å². The molecule has 0 saturated carbocycles. The maximum Gasteiger partial charge on any atom is 0.269 e. The lowest BCUT2D eigenvalue weighted by molar-refractivity contribution is -0.384. The quantitative estimate of drug-likeness (QED) is 0.0926. The molecule has 0 fully saturated rings. The SMILES string of the molecule is CCOc1cc(C=Nc2ccc([C@@H]3Nc4ccccc4[C@@H]4C=CC[C@H]43)cc2)cc(Cl)c1OCc1ccc([N+](=O)[O-])cc1. The fraction of sp³-hybridized carbons (Fsp3) is 0.206. The number of nitrogens with one attached hydrogen (secondary N) is 1. The first kappa shape index (κ1) is 27.5. The second-order valence-electron chi connectivity index (χ2n) is 10.4. The Bertz CT molecular complexity index is 1650. The van der Waals surface area contributed by atoms with Crippen LogP contribution in [0.15, 0.2) is 102 Å². The van der Waals surface area contributed by atoms with Crippen LogP contribution in [0.1, 0.15) is 47.6 Å². The molecule has 6 rings (SSSR count). The molecule has 8 heteroatoms.